The SMILES string of the molecule is C=C(N)c1ccc(NCc2nc3ccccc3[n-]2)cc1.[Rb+]. The largest absolute Gasteiger partial charge is 1.00 e. The van der Waals surface area contributed by atoms with Gasteiger partial charge in [-0.2, -0.15) is 0 Å². The van der Waals surface area contributed by atoms with Crippen LogP contribution in [-0.4, -0.2) is 4.98 Å². The summed E-state index contributed by atoms with van der Waals surface area (Å²) < 4.78 is 0. The molecule has 5 heteroatoms. The van der Waals surface area contributed by atoms with Crippen LogP contribution >= 0.6 is 0 Å². The summed E-state index contributed by atoms with van der Waals surface area (Å²) in [5.74, 6) is 0.790. The summed E-state index contributed by atoms with van der Waals surface area (Å²) in [6, 6.07) is 15.7. The zero-order valence-corrected chi connectivity index (χ0v) is 16.9. The number of benzene rings is 2. The molecule has 21 heavy (non-hydrogen) atoms. The molecule has 0 aliphatic carbocycles. The summed E-state index contributed by atoms with van der Waals surface area (Å²) >= 11 is 0. The molecule has 0 atom stereocenters. The molecule has 0 spiro atoms. The number of nitrogens with zero attached hydrogens (tertiary/aromatic N) is 2. The molecule has 0 aliphatic heterocycles. The molecule has 3 N–H and O–H groups in total. The van der Waals surface area contributed by atoms with Gasteiger partial charge in [0.2, 0.25) is 0 Å². The Kier molecular flexibility index (Phi) is 5.76. The van der Waals surface area contributed by atoms with E-state index in [9.17, 15) is 0 Å². The minimum Gasteiger partial charge on any atom is -0.438 e. The van der Waals surface area contributed by atoms with E-state index in [1.807, 2.05) is 48.5 Å². The van der Waals surface area contributed by atoms with Crippen LogP contribution in [0.5, 0.6) is 0 Å². The Bertz CT molecular complexity index is 713. The third-order valence-electron chi connectivity index (χ3n) is 3.09. The van der Waals surface area contributed by atoms with Crippen LogP contribution in [0.4, 0.5) is 5.69 Å². The van der Waals surface area contributed by atoms with Crippen LogP contribution in [0.2, 0.25) is 0 Å². The van der Waals surface area contributed by atoms with E-state index in [0.29, 0.717) is 12.2 Å². The van der Waals surface area contributed by atoms with Gasteiger partial charge in [-0.1, -0.05) is 48.8 Å². The average Bonchev–Trinajstić information content (AvgIpc) is 2.88. The molecule has 0 unspecified atom stereocenters. The Balaban J connectivity index is 0.00000161. The molecule has 0 bridgehead atoms. The van der Waals surface area contributed by atoms with Gasteiger partial charge in [-0.25, -0.2) is 0 Å². The predicted molar refractivity (Wildman–Crippen MR) is 82.1 cm³/mol. The molecular weight excluding hydrogens is 334 g/mol. The third-order valence-corrected chi connectivity index (χ3v) is 3.09. The van der Waals surface area contributed by atoms with Crippen LogP contribution in [0.3, 0.4) is 0 Å². The number of hydrogen-bond donors (Lipinski definition) is 2. The fourth-order valence-corrected chi connectivity index (χ4v) is 2.02. The molecule has 0 fully saturated rings. The monoisotopic (exact) mass is 348 g/mol. The maximum absolute atomic E-state index is 5.64. The molecule has 0 amide bonds. The van der Waals surface area contributed by atoms with Crippen molar-refractivity contribution in [3.63, 3.8) is 0 Å². The van der Waals surface area contributed by atoms with E-state index in [0.717, 1.165) is 28.1 Å². The van der Waals surface area contributed by atoms with E-state index in [-0.39, 0.29) is 58.2 Å². The predicted octanol–water partition coefficient (Wildman–Crippen LogP) is -0.262. The number of nitrogens with one attached hydrogen (secondary N) is 1. The topological polar surface area (TPSA) is 65.0 Å². The van der Waals surface area contributed by atoms with Gasteiger partial charge in [0.25, 0.3) is 0 Å². The Morgan fingerprint density at radius 3 is 2.52 bits per heavy atom. The second kappa shape index (κ2) is 7.36. The van der Waals surface area contributed by atoms with Crippen molar-refractivity contribution in [1.29, 1.82) is 0 Å². The van der Waals surface area contributed by atoms with E-state index in [1.165, 1.54) is 0 Å². The van der Waals surface area contributed by atoms with E-state index < -0.39 is 0 Å². The zero-order chi connectivity index (χ0) is 13.9. The second-order valence-electron chi connectivity index (χ2n) is 4.58. The van der Waals surface area contributed by atoms with Gasteiger partial charge in [0.1, 0.15) is 0 Å². The standard InChI is InChI=1S/C16H15N4.Rb/c1-11(17)12-6-8-13(9-7-12)18-10-16-19-14-4-2-3-5-15(14)20-16;/h2-9,18H,1,10,17H2;/q-1;+1. The maximum Gasteiger partial charge on any atom is 1.00 e. The smallest absolute Gasteiger partial charge is 0.438 e. The first-order valence-electron chi connectivity index (χ1n) is 6.39. The number of rotatable bonds is 4. The molecule has 100 valence electrons. The Hall–Kier alpha value is -0.945. The second-order valence-corrected chi connectivity index (χ2v) is 4.58. The van der Waals surface area contributed by atoms with Crippen LogP contribution < -0.4 is 74.2 Å². The average molecular weight is 349 g/mol. The van der Waals surface area contributed by atoms with Gasteiger partial charge in [-0.05, 0) is 28.7 Å². The fourth-order valence-electron chi connectivity index (χ4n) is 2.02. The maximum atomic E-state index is 5.64. The van der Waals surface area contributed by atoms with E-state index in [2.05, 4.69) is 21.9 Å². The quantitative estimate of drug-likeness (QED) is 0.682. The summed E-state index contributed by atoms with van der Waals surface area (Å²) in [6.07, 6.45) is 0. The first-order valence-corrected chi connectivity index (χ1v) is 6.39. The Morgan fingerprint density at radius 2 is 1.86 bits per heavy atom. The summed E-state index contributed by atoms with van der Waals surface area (Å²) in [6.45, 7) is 4.31. The van der Waals surface area contributed by atoms with Crippen LogP contribution in [-0.2, 0) is 6.54 Å². The molecule has 3 aromatic rings. The Labute approximate surface area is 172 Å². The normalized spacial score (nSPS) is 10.1. The van der Waals surface area contributed by atoms with Crippen LogP contribution in [0.15, 0.2) is 55.1 Å². The molecule has 0 saturated carbocycles. The molecule has 0 radical (unpaired) electrons. The van der Waals surface area contributed by atoms with Gasteiger partial charge < -0.3 is 21.0 Å². The van der Waals surface area contributed by atoms with E-state index >= 15 is 0 Å². The number of anilines is 1. The number of imidazole rings is 1. The van der Waals surface area contributed by atoms with Crippen molar-refractivity contribution in [2.24, 2.45) is 5.73 Å². The number of fused-ring (bicyclic) bond motifs is 1. The van der Waals surface area contributed by atoms with Crippen molar-refractivity contribution in [2.45, 2.75) is 6.54 Å². The van der Waals surface area contributed by atoms with E-state index in [4.69, 9.17) is 5.73 Å². The zero-order valence-electron chi connectivity index (χ0n) is 12.0. The van der Waals surface area contributed by atoms with Crippen molar-refractivity contribution in [2.75, 3.05) is 5.32 Å². The summed E-state index contributed by atoms with van der Waals surface area (Å²) in [7, 11) is 0. The number of nitrogens with two attached hydrogens (primary N) is 1. The molecule has 2 aromatic carbocycles. The van der Waals surface area contributed by atoms with Crippen molar-refractivity contribution < 1.29 is 58.2 Å². The first kappa shape index (κ1) is 16.4. The third kappa shape index (κ3) is 4.04. The molecule has 1 aromatic heterocycles. The number of para-hydroxylation sites is 2. The van der Waals surface area contributed by atoms with Crippen LogP contribution in [0.1, 0.15) is 11.4 Å². The molecule has 3 rings (SSSR count). The van der Waals surface area contributed by atoms with Gasteiger partial charge in [0, 0.05) is 17.9 Å². The van der Waals surface area contributed by atoms with Crippen LogP contribution in [0, 0.1) is 0 Å². The molecular formula is C16H15N4Rb. The fraction of sp³-hybridized carbons (Fsp3) is 0.0625. The molecule has 1 heterocycles. The minimum atomic E-state index is 0. The number of hydrogen-bond acceptors (Lipinski definition) is 3. The van der Waals surface area contributed by atoms with Gasteiger partial charge in [0.15, 0.2) is 0 Å². The summed E-state index contributed by atoms with van der Waals surface area (Å²) in [5.41, 5.74) is 10.0. The van der Waals surface area contributed by atoms with Crippen molar-refractivity contribution in [3.05, 3.63) is 66.5 Å². The van der Waals surface area contributed by atoms with Crippen molar-refractivity contribution >= 4 is 22.4 Å². The van der Waals surface area contributed by atoms with Gasteiger partial charge in [0.05, 0.1) is 0 Å². The number of aromatic nitrogens is 2. The minimum absolute atomic E-state index is 0. The van der Waals surface area contributed by atoms with Gasteiger partial charge in [-0.15, -0.1) is 0 Å². The van der Waals surface area contributed by atoms with Crippen LogP contribution in [0.25, 0.3) is 16.7 Å². The molecule has 0 saturated heterocycles. The van der Waals surface area contributed by atoms with E-state index in [1.54, 1.807) is 0 Å². The van der Waals surface area contributed by atoms with Gasteiger partial charge >= 0.3 is 58.2 Å². The summed E-state index contributed by atoms with van der Waals surface area (Å²) in [5, 5.41) is 3.29. The molecule has 4 nitrogen and oxygen atoms in total. The first-order chi connectivity index (χ1) is 9.72. The molecule has 0 aliphatic rings. The Morgan fingerprint density at radius 1 is 1.14 bits per heavy atom. The van der Waals surface area contributed by atoms with Crippen molar-refractivity contribution in [1.82, 2.24) is 9.97 Å². The van der Waals surface area contributed by atoms with Gasteiger partial charge in [-0.3, -0.25) is 0 Å². The summed E-state index contributed by atoms with van der Waals surface area (Å²) in [4.78, 5) is 8.93. The van der Waals surface area contributed by atoms with Crippen molar-refractivity contribution in [3.8, 4) is 0 Å².